The molecule has 4 aliphatic carbocycles. The summed E-state index contributed by atoms with van der Waals surface area (Å²) >= 11 is 0. The number of nitrogens with zero attached hydrogens (tertiary/aromatic N) is 1. The van der Waals surface area contributed by atoms with Crippen LogP contribution in [0.25, 0.3) is 0 Å². The standard InChI is InChI=1S/C19H28N2O2/c1-13(20-18(22)21(2)12-17-4-3-5-23-17)19-9-14-6-15(10-19)8-16(7-14)11-19/h3-5,13-16H,6-12H2,1-2H3,(H,20,22). The van der Waals surface area contributed by atoms with Gasteiger partial charge in [-0.1, -0.05) is 0 Å². The summed E-state index contributed by atoms with van der Waals surface area (Å²) in [6.07, 6.45) is 9.95. The lowest BCUT2D eigenvalue weighted by molar-refractivity contribution is -0.0687. The molecule has 4 bridgehead atoms. The van der Waals surface area contributed by atoms with Crippen molar-refractivity contribution in [3.8, 4) is 0 Å². The van der Waals surface area contributed by atoms with Crippen LogP contribution in [0.4, 0.5) is 4.79 Å². The summed E-state index contributed by atoms with van der Waals surface area (Å²) in [6, 6.07) is 4.05. The van der Waals surface area contributed by atoms with E-state index in [1.807, 2.05) is 19.2 Å². The molecule has 126 valence electrons. The molecule has 2 amide bonds. The molecule has 1 N–H and O–H groups in total. The van der Waals surface area contributed by atoms with Crippen molar-refractivity contribution < 1.29 is 9.21 Å². The number of hydrogen-bond acceptors (Lipinski definition) is 2. The highest BCUT2D eigenvalue weighted by Gasteiger charge is 2.53. The zero-order chi connectivity index (χ0) is 16.0. The van der Waals surface area contributed by atoms with Gasteiger partial charge in [0.1, 0.15) is 5.76 Å². The molecule has 4 fully saturated rings. The average Bonchev–Trinajstić information content (AvgIpc) is 2.98. The van der Waals surface area contributed by atoms with Crippen molar-refractivity contribution in [1.82, 2.24) is 10.2 Å². The van der Waals surface area contributed by atoms with Gasteiger partial charge < -0.3 is 14.6 Å². The van der Waals surface area contributed by atoms with E-state index in [1.165, 1.54) is 38.5 Å². The minimum Gasteiger partial charge on any atom is -0.467 e. The number of furan rings is 1. The summed E-state index contributed by atoms with van der Waals surface area (Å²) in [5, 5.41) is 3.29. The summed E-state index contributed by atoms with van der Waals surface area (Å²) in [6.45, 7) is 2.75. The zero-order valence-corrected chi connectivity index (χ0v) is 14.3. The van der Waals surface area contributed by atoms with E-state index in [9.17, 15) is 4.79 Å². The monoisotopic (exact) mass is 316 g/mol. The maximum Gasteiger partial charge on any atom is 0.317 e. The van der Waals surface area contributed by atoms with Crippen LogP contribution in [0, 0.1) is 23.2 Å². The lowest BCUT2D eigenvalue weighted by atomic mass is 9.48. The van der Waals surface area contributed by atoms with Crippen LogP contribution in [-0.4, -0.2) is 24.0 Å². The number of urea groups is 1. The molecule has 0 saturated heterocycles. The molecule has 4 heteroatoms. The molecular formula is C19H28N2O2. The number of nitrogens with one attached hydrogen (secondary N) is 1. The third kappa shape index (κ3) is 2.77. The summed E-state index contributed by atoms with van der Waals surface area (Å²) in [4.78, 5) is 14.3. The van der Waals surface area contributed by atoms with Crippen LogP contribution in [0.3, 0.4) is 0 Å². The summed E-state index contributed by atoms with van der Waals surface area (Å²) < 4.78 is 5.34. The molecule has 5 rings (SSSR count). The van der Waals surface area contributed by atoms with Crippen molar-refractivity contribution in [3.63, 3.8) is 0 Å². The molecule has 1 heterocycles. The van der Waals surface area contributed by atoms with Crippen molar-refractivity contribution in [3.05, 3.63) is 24.2 Å². The molecule has 23 heavy (non-hydrogen) atoms. The van der Waals surface area contributed by atoms with Crippen LogP contribution in [0.1, 0.15) is 51.2 Å². The van der Waals surface area contributed by atoms with E-state index in [-0.39, 0.29) is 12.1 Å². The van der Waals surface area contributed by atoms with E-state index in [2.05, 4.69) is 12.2 Å². The van der Waals surface area contributed by atoms with Gasteiger partial charge in [-0.05, 0) is 80.8 Å². The minimum absolute atomic E-state index is 0.0182. The quantitative estimate of drug-likeness (QED) is 0.911. The Morgan fingerprint density at radius 3 is 2.43 bits per heavy atom. The van der Waals surface area contributed by atoms with Gasteiger partial charge in [-0.15, -0.1) is 0 Å². The Bertz CT molecular complexity index is 531. The van der Waals surface area contributed by atoms with E-state index in [1.54, 1.807) is 11.2 Å². The Hall–Kier alpha value is -1.45. The maximum absolute atomic E-state index is 12.5. The first-order valence-electron chi connectivity index (χ1n) is 9.08. The van der Waals surface area contributed by atoms with Gasteiger partial charge in [-0.25, -0.2) is 4.79 Å². The molecule has 0 radical (unpaired) electrons. The summed E-state index contributed by atoms with van der Waals surface area (Å²) in [5.41, 5.74) is 0.357. The number of hydrogen-bond donors (Lipinski definition) is 1. The molecule has 0 aliphatic heterocycles. The van der Waals surface area contributed by atoms with E-state index in [0.29, 0.717) is 12.0 Å². The van der Waals surface area contributed by atoms with Crippen LogP contribution >= 0.6 is 0 Å². The average molecular weight is 316 g/mol. The predicted octanol–water partition coefficient (Wildman–Crippen LogP) is 4.03. The smallest absolute Gasteiger partial charge is 0.317 e. The highest BCUT2D eigenvalue weighted by Crippen LogP contribution is 2.61. The first kappa shape index (κ1) is 15.1. The van der Waals surface area contributed by atoms with Gasteiger partial charge in [0, 0.05) is 13.1 Å². The number of amides is 2. The van der Waals surface area contributed by atoms with Crippen molar-refractivity contribution in [2.45, 2.75) is 58.0 Å². The molecular weight excluding hydrogens is 288 g/mol. The molecule has 0 aromatic carbocycles. The lowest BCUT2D eigenvalue weighted by Gasteiger charge is -2.59. The summed E-state index contributed by atoms with van der Waals surface area (Å²) in [5.74, 6) is 3.58. The maximum atomic E-state index is 12.5. The second-order valence-electron chi connectivity index (χ2n) is 8.39. The van der Waals surface area contributed by atoms with Crippen LogP contribution in [0.15, 0.2) is 22.8 Å². The van der Waals surface area contributed by atoms with Crippen LogP contribution in [0.5, 0.6) is 0 Å². The Morgan fingerprint density at radius 2 is 1.91 bits per heavy atom. The predicted molar refractivity (Wildman–Crippen MR) is 88.8 cm³/mol. The second kappa shape index (κ2) is 5.57. The Kier molecular flexibility index (Phi) is 3.66. The first-order valence-corrected chi connectivity index (χ1v) is 9.08. The molecule has 0 spiro atoms. The second-order valence-corrected chi connectivity index (χ2v) is 8.39. The molecule has 1 aromatic heterocycles. The van der Waals surface area contributed by atoms with Crippen molar-refractivity contribution in [2.75, 3.05) is 7.05 Å². The van der Waals surface area contributed by atoms with Crippen LogP contribution < -0.4 is 5.32 Å². The minimum atomic E-state index is 0.0182. The van der Waals surface area contributed by atoms with E-state index in [0.717, 1.165) is 23.5 Å². The summed E-state index contributed by atoms with van der Waals surface area (Å²) in [7, 11) is 1.84. The highest BCUT2D eigenvalue weighted by atomic mass is 16.3. The van der Waals surface area contributed by atoms with Gasteiger partial charge in [-0.2, -0.15) is 0 Å². The third-order valence-corrected chi connectivity index (χ3v) is 6.66. The van der Waals surface area contributed by atoms with Gasteiger partial charge in [0.25, 0.3) is 0 Å². The normalized spacial score (nSPS) is 36.0. The Balaban J connectivity index is 1.39. The van der Waals surface area contributed by atoms with Gasteiger partial charge in [0.2, 0.25) is 0 Å². The molecule has 4 saturated carbocycles. The lowest BCUT2D eigenvalue weighted by Crippen LogP contribution is -2.57. The molecule has 4 aliphatic rings. The van der Waals surface area contributed by atoms with Gasteiger partial charge in [0.05, 0.1) is 12.8 Å². The zero-order valence-electron chi connectivity index (χ0n) is 14.3. The largest absolute Gasteiger partial charge is 0.467 e. The Labute approximate surface area is 138 Å². The third-order valence-electron chi connectivity index (χ3n) is 6.66. The fourth-order valence-electron chi connectivity index (χ4n) is 5.86. The molecule has 1 atom stereocenters. The number of carbonyl (C=O) groups excluding carboxylic acids is 1. The van der Waals surface area contributed by atoms with Gasteiger partial charge in [-0.3, -0.25) is 0 Å². The van der Waals surface area contributed by atoms with Crippen molar-refractivity contribution in [2.24, 2.45) is 23.2 Å². The van der Waals surface area contributed by atoms with E-state index < -0.39 is 0 Å². The highest BCUT2D eigenvalue weighted by molar-refractivity contribution is 5.74. The Morgan fingerprint density at radius 1 is 1.30 bits per heavy atom. The van der Waals surface area contributed by atoms with Crippen molar-refractivity contribution >= 4 is 6.03 Å². The van der Waals surface area contributed by atoms with Crippen LogP contribution in [0.2, 0.25) is 0 Å². The van der Waals surface area contributed by atoms with Gasteiger partial charge >= 0.3 is 6.03 Å². The molecule has 4 nitrogen and oxygen atoms in total. The fraction of sp³-hybridized carbons (Fsp3) is 0.737. The molecule has 1 unspecified atom stereocenters. The van der Waals surface area contributed by atoms with Crippen molar-refractivity contribution in [1.29, 1.82) is 0 Å². The van der Waals surface area contributed by atoms with E-state index in [4.69, 9.17) is 4.42 Å². The number of rotatable bonds is 4. The fourth-order valence-corrected chi connectivity index (χ4v) is 5.86. The SMILES string of the molecule is CC(NC(=O)N(C)Cc1ccco1)C12CC3CC(CC(C3)C1)C2. The van der Waals surface area contributed by atoms with E-state index >= 15 is 0 Å². The topological polar surface area (TPSA) is 45.5 Å². The number of carbonyl (C=O) groups is 1. The first-order chi connectivity index (χ1) is 11.0. The van der Waals surface area contributed by atoms with Crippen LogP contribution in [-0.2, 0) is 6.54 Å². The molecule has 1 aromatic rings. The van der Waals surface area contributed by atoms with Gasteiger partial charge in [0.15, 0.2) is 0 Å².